The molecule has 0 saturated heterocycles. The van der Waals surface area contributed by atoms with E-state index in [1.165, 1.54) is 0 Å². The molecular weight excluding hydrogens is 320 g/mol. The Kier molecular flexibility index (Phi) is 3.36. The SMILES string of the molecule is CC(C)(C)S(=O)c1cccc2c1O[C@]1(C=C2)Cc2ccccc2O1. The van der Waals surface area contributed by atoms with Crippen molar-refractivity contribution in [1.82, 2.24) is 0 Å². The van der Waals surface area contributed by atoms with Gasteiger partial charge in [0, 0.05) is 21.9 Å². The van der Waals surface area contributed by atoms with Gasteiger partial charge in [0.25, 0.3) is 5.79 Å². The molecule has 2 aliphatic rings. The van der Waals surface area contributed by atoms with Crippen LogP contribution in [0.5, 0.6) is 11.5 Å². The molecule has 24 heavy (non-hydrogen) atoms. The van der Waals surface area contributed by atoms with E-state index in [1.807, 2.05) is 69.3 Å². The van der Waals surface area contributed by atoms with Gasteiger partial charge in [-0.25, -0.2) is 0 Å². The molecule has 1 spiro atoms. The van der Waals surface area contributed by atoms with Gasteiger partial charge in [-0.15, -0.1) is 0 Å². The maximum Gasteiger partial charge on any atom is 0.275 e. The van der Waals surface area contributed by atoms with E-state index in [2.05, 4.69) is 6.07 Å². The van der Waals surface area contributed by atoms with Gasteiger partial charge in [0.2, 0.25) is 0 Å². The van der Waals surface area contributed by atoms with Crippen LogP contribution in [0.3, 0.4) is 0 Å². The highest BCUT2D eigenvalue weighted by molar-refractivity contribution is 7.86. The highest BCUT2D eigenvalue weighted by Crippen LogP contribution is 2.43. The van der Waals surface area contributed by atoms with Gasteiger partial charge in [0.05, 0.1) is 22.1 Å². The number of benzene rings is 2. The predicted molar refractivity (Wildman–Crippen MR) is 95.8 cm³/mol. The fraction of sp³-hybridized carbons (Fsp3) is 0.300. The van der Waals surface area contributed by atoms with E-state index in [-0.39, 0.29) is 4.75 Å². The van der Waals surface area contributed by atoms with Crippen LogP contribution in [0.1, 0.15) is 31.9 Å². The summed E-state index contributed by atoms with van der Waals surface area (Å²) < 4.78 is 25.0. The first-order valence-electron chi connectivity index (χ1n) is 8.08. The second kappa shape index (κ2) is 5.21. The molecule has 4 heteroatoms. The van der Waals surface area contributed by atoms with E-state index in [1.54, 1.807) is 0 Å². The van der Waals surface area contributed by atoms with Crippen LogP contribution < -0.4 is 9.47 Å². The van der Waals surface area contributed by atoms with Crippen LogP contribution in [-0.4, -0.2) is 14.7 Å². The number of fused-ring (bicyclic) bond motifs is 2. The number of rotatable bonds is 1. The number of hydrogen-bond donors (Lipinski definition) is 0. The maximum absolute atomic E-state index is 12.9. The lowest BCUT2D eigenvalue weighted by Gasteiger charge is -2.32. The highest BCUT2D eigenvalue weighted by Gasteiger charge is 2.42. The average molecular weight is 340 g/mol. The smallest absolute Gasteiger partial charge is 0.275 e. The van der Waals surface area contributed by atoms with Gasteiger partial charge < -0.3 is 9.47 Å². The van der Waals surface area contributed by atoms with Crippen molar-refractivity contribution in [3.05, 3.63) is 59.7 Å². The highest BCUT2D eigenvalue weighted by atomic mass is 32.2. The molecule has 1 unspecified atom stereocenters. The molecule has 0 aromatic heterocycles. The van der Waals surface area contributed by atoms with Crippen molar-refractivity contribution in [2.45, 2.75) is 42.6 Å². The molecule has 0 N–H and O–H groups in total. The lowest BCUT2D eigenvalue weighted by atomic mass is 10.0. The van der Waals surface area contributed by atoms with Crippen LogP contribution in [0.25, 0.3) is 6.08 Å². The van der Waals surface area contributed by atoms with Crippen molar-refractivity contribution >= 4 is 16.9 Å². The van der Waals surface area contributed by atoms with Crippen LogP contribution in [0.15, 0.2) is 53.4 Å². The Morgan fingerprint density at radius 3 is 2.58 bits per heavy atom. The van der Waals surface area contributed by atoms with E-state index in [0.29, 0.717) is 12.2 Å². The summed E-state index contributed by atoms with van der Waals surface area (Å²) in [6, 6.07) is 13.7. The lowest BCUT2D eigenvalue weighted by Crippen LogP contribution is -2.41. The molecule has 2 aromatic carbocycles. The molecule has 0 radical (unpaired) electrons. The van der Waals surface area contributed by atoms with Gasteiger partial charge in [0.15, 0.2) is 0 Å². The monoisotopic (exact) mass is 340 g/mol. The van der Waals surface area contributed by atoms with Crippen LogP contribution in [0, 0.1) is 0 Å². The van der Waals surface area contributed by atoms with E-state index < -0.39 is 16.6 Å². The maximum atomic E-state index is 12.9. The Balaban J connectivity index is 1.75. The number of para-hydroxylation sites is 2. The van der Waals surface area contributed by atoms with Crippen LogP contribution in [0.4, 0.5) is 0 Å². The molecule has 2 aliphatic heterocycles. The molecule has 0 aliphatic carbocycles. The number of ether oxygens (including phenoxy) is 2. The molecule has 0 amide bonds. The Morgan fingerprint density at radius 1 is 1.04 bits per heavy atom. The van der Waals surface area contributed by atoms with Gasteiger partial charge >= 0.3 is 0 Å². The average Bonchev–Trinajstić information content (AvgIpc) is 2.90. The third-order valence-electron chi connectivity index (χ3n) is 4.25. The minimum Gasteiger partial charge on any atom is -0.448 e. The summed E-state index contributed by atoms with van der Waals surface area (Å²) in [4.78, 5) is 0.725. The minimum atomic E-state index is -1.17. The van der Waals surface area contributed by atoms with Crippen molar-refractivity contribution < 1.29 is 13.7 Å². The van der Waals surface area contributed by atoms with Gasteiger partial charge in [-0.1, -0.05) is 30.3 Å². The molecule has 2 heterocycles. The van der Waals surface area contributed by atoms with E-state index >= 15 is 0 Å². The first-order chi connectivity index (χ1) is 11.4. The van der Waals surface area contributed by atoms with Crippen LogP contribution in [0.2, 0.25) is 0 Å². The van der Waals surface area contributed by atoms with E-state index in [4.69, 9.17) is 9.47 Å². The van der Waals surface area contributed by atoms with Crippen molar-refractivity contribution in [3.8, 4) is 11.5 Å². The second-order valence-electron chi connectivity index (χ2n) is 7.19. The zero-order valence-electron chi connectivity index (χ0n) is 14.0. The third-order valence-corrected chi connectivity index (χ3v) is 6.08. The Bertz CT molecular complexity index is 836. The van der Waals surface area contributed by atoms with Crippen molar-refractivity contribution in [3.63, 3.8) is 0 Å². The zero-order valence-corrected chi connectivity index (χ0v) is 14.9. The minimum absolute atomic E-state index is 0.355. The summed E-state index contributed by atoms with van der Waals surface area (Å²) in [6.07, 6.45) is 4.61. The fourth-order valence-electron chi connectivity index (χ4n) is 3.06. The molecular formula is C20H20O3S. The first kappa shape index (κ1) is 15.5. The third kappa shape index (κ3) is 2.46. The standard InChI is InChI=1S/C20H20O3S/c1-19(2,3)24(21)17-10-6-8-14-11-12-20(23-18(14)17)13-15-7-4-5-9-16(15)22-20/h4-12H,13H2,1-3H3/t20-,24?/m1/s1. The van der Waals surface area contributed by atoms with Gasteiger partial charge in [-0.3, -0.25) is 4.21 Å². The van der Waals surface area contributed by atoms with Crippen molar-refractivity contribution in [1.29, 1.82) is 0 Å². The summed E-state index contributed by atoms with van der Waals surface area (Å²) in [5.41, 5.74) is 2.07. The first-order valence-corrected chi connectivity index (χ1v) is 9.23. The van der Waals surface area contributed by atoms with Gasteiger partial charge in [-0.2, -0.15) is 0 Å². The topological polar surface area (TPSA) is 35.5 Å². The molecule has 2 atom stereocenters. The van der Waals surface area contributed by atoms with E-state index in [9.17, 15) is 4.21 Å². The Hall–Kier alpha value is -2.07. The summed E-state index contributed by atoms with van der Waals surface area (Å²) in [6.45, 7) is 5.91. The second-order valence-corrected chi connectivity index (χ2v) is 9.39. The summed E-state index contributed by atoms with van der Waals surface area (Å²) >= 11 is 0. The molecule has 0 saturated carbocycles. The van der Waals surface area contributed by atoms with Crippen LogP contribution >= 0.6 is 0 Å². The normalized spacial score (nSPS) is 22.5. The predicted octanol–water partition coefficient (Wildman–Crippen LogP) is 4.33. The van der Waals surface area contributed by atoms with Gasteiger partial charge in [0.1, 0.15) is 11.5 Å². The molecule has 124 valence electrons. The number of hydrogen-bond acceptors (Lipinski definition) is 3. The molecule has 4 rings (SSSR count). The zero-order chi connectivity index (χ0) is 16.9. The Labute approximate surface area is 144 Å². The summed E-state index contributed by atoms with van der Waals surface area (Å²) in [5.74, 6) is 0.676. The molecule has 0 bridgehead atoms. The quantitative estimate of drug-likeness (QED) is 0.775. The molecule has 2 aromatic rings. The fourth-order valence-corrected chi connectivity index (χ4v) is 4.25. The largest absolute Gasteiger partial charge is 0.448 e. The summed E-state index contributed by atoms with van der Waals surface area (Å²) in [5, 5.41) is 0. The van der Waals surface area contributed by atoms with E-state index in [0.717, 1.165) is 21.8 Å². The Morgan fingerprint density at radius 2 is 1.83 bits per heavy atom. The van der Waals surface area contributed by atoms with Crippen LogP contribution in [-0.2, 0) is 17.2 Å². The molecule has 3 nitrogen and oxygen atoms in total. The van der Waals surface area contributed by atoms with Gasteiger partial charge in [-0.05, 0) is 39.0 Å². The van der Waals surface area contributed by atoms with Crippen molar-refractivity contribution in [2.24, 2.45) is 0 Å². The lowest BCUT2D eigenvalue weighted by molar-refractivity contribution is -0.0561. The van der Waals surface area contributed by atoms with Crippen molar-refractivity contribution in [2.75, 3.05) is 0 Å². The molecule has 0 fully saturated rings. The summed E-state index contributed by atoms with van der Waals surface area (Å²) in [7, 11) is -1.17.